The number of hydrogen-bond acceptors (Lipinski definition) is 3. The molecule has 13 heavy (non-hydrogen) atoms. The van der Waals surface area contributed by atoms with Crippen LogP contribution in [-0.2, 0) is 4.74 Å². The molecule has 0 radical (unpaired) electrons. The lowest BCUT2D eigenvalue weighted by Crippen LogP contribution is -2.45. The van der Waals surface area contributed by atoms with Crippen molar-refractivity contribution in [2.45, 2.75) is 45.9 Å². The molecule has 2 N–H and O–H groups in total. The summed E-state index contributed by atoms with van der Waals surface area (Å²) in [6.07, 6.45) is 1.18. The van der Waals surface area contributed by atoms with Crippen molar-refractivity contribution < 1.29 is 9.84 Å². The molecule has 1 fully saturated rings. The molecule has 1 saturated heterocycles. The van der Waals surface area contributed by atoms with Crippen LogP contribution in [0, 0.1) is 5.41 Å². The van der Waals surface area contributed by atoms with Crippen molar-refractivity contribution >= 4 is 0 Å². The first kappa shape index (κ1) is 11.0. The summed E-state index contributed by atoms with van der Waals surface area (Å²) in [6, 6.07) is 0. The number of nitrogens with one attached hydrogen (secondary N) is 1. The summed E-state index contributed by atoms with van der Waals surface area (Å²) < 4.78 is 5.12. The molecule has 1 rings (SSSR count). The maximum atomic E-state index is 9.15. The van der Waals surface area contributed by atoms with Crippen LogP contribution in [0.25, 0.3) is 0 Å². The van der Waals surface area contributed by atoms with Gasteiger partial charge in [-0.3, -0.25) is 5.32 Å². The average molecular weight is 187 g/mol. The first-order chi connectivity index (χ1) is 5.85. The van der Waals surface area contributed by atoms with Crippen molar-refractivity contribution in [3.63, 3.8) is 0 Å². The lowest BCUT2D eigenvalue weighted by Gasteiger charge is -2.34. The second-order valence-electron chi connectivity index (χ2n) is 5.35. The fourth-order valence-corrected chi connectivity index (χ4v) is 1.87. The molecule has 0 spiro atoms. The molecule has 1 aliphatic rings. The quantitative estimate of drug-likeness (QED) is 0.634. The zero-order valence-corrected chi connectivity index (χ0v) is 9.05. The molecule has 0 bridgehead atoms. The highest BCUT2D eigenvalue weighted by molar-refractivity contribution is 4.88. The van der Waals surface area contributed by atoms with Gasteiger partial charge in [0, 0.05) is 12.1 Å². The van der Waals surface area contributed by atoms with Crippen LogP contribution in [-0.4, -0.2) is 30.1 Å². The summed E-state index contributed by atoms with van der Waals surface area (Å²) in [4.78, 5) is 0. The van der Waals surface area contributed by atoms with Crippen LogP contribution in [0.4, 0.5) is 0 Å². The summed E-state index contributed by atoms with van der Waals surface area (Å²) in [7, 11) is 0. The van der Waals surface area contributed by atoms with Crippen molar-refractivity contribution in [3.05, 3.63) is 0 Å². The molecule has 0 aromatic rings. The van der Waals surface area contributed by atoms with Crippen molar-refractivity contribution in [3.8, 4) is 0 Å². The predicted octanol–water partition coefficient (Wildman–Crippen LogP) is 1.12. The van der Waals surface area contributed by atoms with Crippen LogP contribution in [0.5, 0.6) is 0 Å². The van der Waals surface area contributed by atoms with Crippen LogP contribution in [0.3, 0.4) is 0 Å². The Morgan fingerprint density at radius 2 is 1.92 bits per heavy atom. The number of aliphatic hydroxyl groups is 1. The Labute approximate surface area is 80.5 Å². The summed E-state index contributed by atoms with van der Waals surface area (Å²) in [6.45, 7) is 9.49. The Morgan fingerprint density at radius 1 is 1.38 bits per heavy atom. The van der Waals surface area contributed by atoms with E-state index in [1.165, 1.54) is 0 Å². The Hall–Kier alpha value is -0.120. The van der Waals surface area contributed by atoms with E-state index in [4.69, 9.17) is 9.84 Å². The fraction of sp³-hybridized carbons (Fsp3) is 1.00. The minimum atomic E-state index is -0.0224. The molecule has 78 valence electrons. The van der Waals surface area contributed by atoms with Crippen LogP contribution in [0.1, 0.15) is 34.1 Å². The van der Waals surface area contributed by atoms with Gasteiger partial charge in [0.1, 0.15) is 6.23 Å². The zero-order valence-electron chi connectivity index (χ0n) is 9.05. The Kier molecular flexibility index (Phi) is 3.00. The average Bonchev–Trinajstić information content (AvgIpc) is 2.68. The number of epoxide rings is 1. The maximum absolute atomic E-state index is 9.15. The van der Waals surface area contributed by atoms with E-state index in [1.54, 1.807) is 0 Å². The molecule has 0 aliphatic carbocycles. The number of ether oxygens (including phenoxy) is 1. The molecular weight excluding hydrogens is 166 g/mol. The van der Waals surface area contributed by atoms with E-state index in [0.29, 0.717) is 0 Å². The van der Waals surface area contributed by atoms with Gasteiger partial charge in [-0.2, -0.15) is 0 Å². The van der Waals surface area contributed by atoms with Crippen molar-refractivity contribution in [1.82, 2.24) is 5.32 Å². The van der Waals surface area contributed by atoms with Gasteiger partial charge in [-0.25, -0.2) is 0 Å². The smallest absolute Gasteiger partial charge is 0.132 e. The van der Waals surface area contributed by atoms with Gasteiger partial charge >= 0.3 is 0 Å². The lowest BCUT2D eigenvalue weighted by molar-refractivity contribution is 0.112. The maximum Gasteiger partial charge on any atom is 0.132 e. The minimum absolute atomic E-state index is 0.0224. The third kappa shape index (κ3) is 4.07. The van der Waals surface area contributed by atoms with E-state index in [-0.39, 0.29) is 23.8 Å². The Morgan fingerprint density at radius 3 is 2.31 bits per heavy atom. The molecule has 0 aromatic carbocycles. The molecule has 0 amide bonds. The Balaban J connectivity index is 2.39. The monoisotopic (exact) mass is 187 g/mol. The normalized spacial score (nSPS) is 23.3. The van der Waals surface area contributed by atoms with Gasteiger partial charge in [0.2, 0.25) is 0 Å². The molecule has 0 aromatic heterocycles. The van der Waals surface area contributed by atoms with Gasteiger partial charge in [-0.15, -0.1) is 0 Å². The highest BCUT2D eigenvalue weighted by Crippen LogP contribution is 2.28. The van der Waals surface area contributed by atoms with E-state index in [1.807, 2.05) is 0 Å². The van der Waals surface area contributed by atoms with Gasteiger partial charge in [-0.1, -0.05) is 13.8 Å². The number of aliphatic hydroxyl groups excluding tert-OH is 1. The van der Waals surface area contributed by atoms with Gasteiger partial charge in [0.15, 0.2) is 0 Å². The van der Waals surface area contributed by atoms with Crippen LogP contribution in [0.15, 0.2) is 0 Å². The van der Waals surface area contributed by atoms with Gasteiger partial charge in [0.25, 0.3) is 0 Å². The standard InChI is InChI=1S/C10H21NO2/c1-9(2,7-12)6-10(3,4)11-8-5-13-8/h8,11-12H,5-7H2,1-4H3. The van der Waals surface area contributed by atoms with Gasteiger partial charge < -0.3 is 9.84 Å². The first-order valence-electron chi connectivity index (χ1n) is 4.85. The topological polar surface area (TPSA) is 44.8 Å². The van der Waals surface area contributed by atoms with Crippen LogP contribution in [0.2, 0.25) is 0 Å². The summed E-state index contributed by atoms with van der Waals surface area (Å²) in [5.74, 6) is 0. The summed E-state index contributed by atoms with van der Waals surface area (Å²) in [5, 5.41) is 12.5. The highest BCUT2D eigenvalue weighted by atomic mass is 16.6. The molecule has 0 saturated carbocycles. The SMILES string of the molecule is CC(C)(CO)CC(C)(C)NC1CO1. The van der Waals surface area contributed by atoms with E-state index < -0.39 is 0 Å². The van der Waals surface area contributed by atoms with Crippen molar-refractivity contribution in [1.29, 1.82) is 0 Å². The van der Waals surface area contributed by atoms with E-state index >= 15 is 0 Å². The molecule has 3 nitrogen and oxygen atoms in total. The molecule has 1 unspecified atom stereocenters. The van der Waals surface area contributed by atoms with Crippen LogP contribution >= 0.6 is 0 Å². The second-order valence-corrected chi connectivity index (χ2v) is 5.35. The molecular formula is C10H21NO2. The molecule has 1 aliphatic heterocycles. The molecule has 1 heterocycles. The van der Waals surface area contributed by atoms with E-state index in [9.17, 15) is 0 Å². The number of rotatable bonds is 5. The zero-order chi connectivity index (χ0) is 10.1. The first-order valence-corrected chi connectivity index (χ1v) is 4.85. The minimum Gasteiger partial charge on any atom is -0.396 e. The van der Waals surface area contributed by atoms with Gasteiger partial charge in [0.05, 0.1) is 6.61 Å². The molecule has 1 atom stereocenters. The lowest BCUT2D eigenvalue weighted by atomic mass is 9.81. The Bertz CT molecular complexity index is 174. The third-order valence-corrected chi connectivity index (χ3v) is 2.23. The van der Waals surface area contributed by atoms with Crippen LogP contribution < -0.4 is 5.32 Å². The summed E-state index contributed by atoms with van der Waals surface area (Å²) in [5.41, 5.74) is 0.0127. The van der Waals surface area contributed by atoms with Gasteiger partial charge in [-0.05, 0) is 25.7 Å². The predicted molar refractivity (Wildman–Crippen MR) is 52.4 cm³/mol. The van der Waals surface area contributed by atoms with Crippen molar-refractivity contribution in [2.24, 2.45) is 5.41 Å². The number of hydrogen-bond donors (Lipinski definition) is 2. The second kappa shape index (κ2) is 3.56. The van der Waals surface area contributed by atoms with E-state index in [0.717, 1.165) is 13.0 Å². The highest BCUT2D eigenvalue weighted by Gasteiger charge is 2.34. The largest absolute Gasteiger partial charge is 0.396 e. The molecule has 3 heteroatoms. The van der Waals surface area contributed by atoms with Crippen molar-refractivity contribution in [2.75, 3.05) is 13.2 Å². The van der Waals surface area contributed by atoms with E-state index in [2.05, 4.69) is 33.0 Å². The third-order valence-electron chi connectivity index (χ3n) is 2.23. The fourth-order valence-electron chi connectivity index (χ4n) is 1.87. The summed E-state index contributed by atoms with van der Waals surface area (Å²) >= 11 is 0.